The number of aliphatic carboxylic acids is 1. The lowest BCUT2D eigenvalue weighted by Crippen LogP contribution is -2.50. The monoisotopic (exact) mass is 767 g/mol. The van der Waals surface area contributed by atoms with Crippen LogP contribution in [0.3, 0.4) is 0 Å². The summed E-state index contributed by atoms with van der Waals surface area (Å²) in [6.45, 7) is 4.72. The zero-order valence-electron chi connectivity index (χ0n) is 36.2. The number of unbranched alkanes of at least 4 members (excludes halogenated alkanes) is 25. The van der Waals surface area contributed by atoms with Crippen molar-refractivity contribution in [2.75, 3.05) is 41.0 Å². The molecule has 0 spiro atoms. The maximum Gasteiger partial charge on any atom is 0.362 e. The molecule has 2 unspecified atom stereocenters. The number of nitrogens with zero attached hydrogens (tertiary/aromatic N) is 1. The zero-order valence-corrected chi connectivity index (χ0v) is 36.2. The summed E-state index contributed by atoms with van der Waals surface area (Å²) in [5.74, 6) is -1.46. The van der Waals surface area contributed by atoms with E-state index in [0.717, 1.165) is 44.9 Å². The van der Waals surface area contributed by atoms with Gasteiger partial charge in [0.2, 0.25) is 0 Å². The quantitative estimate of drug-likeness (QED) is 0.0286. The van der Waals surface area contributed by atoms with Gasteiger partial charge in [-0.1, -0.05) is 174 Å². The molecule has 0 aliphatic rings. The molecular weight excluding hydrogens is 679 g/mol. The van der Waals surface area contributed by atoms with Crippen molar-refractivity contribution < 1.29 is 38.2 Å². The summed E-state index contributed by atoms with van der Waals surface area (Å²) >= 11 is 0. The standard InChI is InChI=1S/C46H87NO7/c1-6-8-10-12-14-16-18-19-20-21-22-23-24-25-27-29-31-33-35-37-45(49)54-42(40-52-39-38-43(46(50)51)47(3,4)5)41-53-44(48)36-34-32-30-28-26-17-15-13-11-9-7-2/h13,15,42-43H,6-12,14,16-41H2,1-5H3/p+1/b15-13+. The first-order valence-corrected chi connectivity index (χ1v) is 22.7. The number of carbonyl (C=O) groups excluding carboxylic acids is 2. The lowest BCUT2D eigenvalue weighted by Gasteiger charge is -2.31. The third-order valence-corrected chi connectivity index (χ3v) is 10.4. The largest absolute Gasteiger partial charge is 0.477 e. The Labute approximate surface area is 333 Å². The molecule has 0 aromatic carbocycles. The van der Waals surface area contributed by atoms with E-state index in [1.807, 2.05) is 21.1 Å². The molecule has 1 N–H and O–H groups in total. The molecule has 54 heavy (non-hydrogen) atoms. The Morgan fingerprint density at radius 3 is 1.39 bits per heavy atom. The number of ether oxygens (including phenoxy) is 3. The SMILES string of the molecule is CCCC/C=C/CCCCCCCC(=O)OCC(COCCC(C(=O)O)[N+](C)(C)C)OC(=O)CCCCCCCCCCCCCCCCCCCCC. The molecule has 0 rings (SSSR count). The Kier molecular flexibility index (Phi) is 36.6. The normalized spacial score (nSPS) is 13.0. The molecule has 8 nitrogen and oxygen atoms in total. The van der Waals surface area contributed by atoms with E-state index in [2.05, 4.69) is 26.0 Å². The van der Waals surface area contributed by atoms with Crippen LogP contribution in [0.1, 0.15) is 213 Å². The summed E-state index contributed by atoms with van der Waals surface area (Å²) in [4.78, 5) is 36.9. The van der Waals surface area contributed by atoms with Gasteiger partial charge in [-0.2, -0.15) is 0 Å². The minimum Gasteiger partial charge on any atom is -0.477 e. The van der Waals surface area contributed by atoms with E-state index in [4.69, 9.17) is 14.2 Å². The molecule has 0 aromatic rings. The van der Waals surface area contributed by atoms with E-state index >= 15 is 0 Å². The van der Waals surface area contributed by atoms with Gasteiger partial charge >= 0.3 is 17.9 Å². The second-order valence-electron chi connectivity index (χ2n) is 16.7. The zero-order chi connectivity index (χ0) is 40.0. The van der Waals surface area contributed by atoms with E-state index < -0.39 is 18.1 Å². The molecular formula is C46H88NO7+. The number of hydrogen-bond donors (Lipinski definition) is 1. The Morgan fingerprint density at radius 2 is 0.944 bits per heavy atom. The molecule has 0 radical (unpaired) electrons. The Balaban J connectivity index is 4.25. The highest BCUT2D eigenvalue weighted by molar-refractivity contribution is 5.72. The third kappa shape index (κ3) is 35.8. The first-order chi connectivity index (χ1) is 26.1. The predicted octanol–water partition coefficient (Wildman–Crippen LogP) is 12.3. The molecule has 0 heterocycles. The van der Waals surface area contributed by atoms with E-state index in [-0.39, 0.29) is 36.2 Å². The van der Waals surface area contributed by atoms with Gasteiger partial charge < -0.3 is 23.8 Å². The van der Waals surface area contributed by atoms with Crippen LogP contribution in [0.4, 0.5) is 0 Å². The van der Waals surface area contributed by atoms with Crippen LogP contribution in [0.25, 0.3) is 0 Å². The Morgan fingerprint density at radius 1 is 0.537 bits per heavy atom. The van der Waals surface area contributed by atoms with Crippen molar-refractivity contribution in [1.29, 1.82) is 0 Å². The number of allylic oxidation sites excluding steroid dienone is 2. The molecule has 0 aromatic heterocycles. The fourth-order valence-electron chi connectivity index (χ4n) is 6.84. The lowest BCUT2D eigenvalue weighted by atomic mass is 10.0. The maximum absolute atomic E-state index is 12.7. The second kappa shape index (κ2) is 38.0. The van der Waals surface area contributed by atoms with Crippen LogP contribution in [0.15, 0.2) is 12.2 Å². The highest BCUT2D eigenvalue weighted by atomic mass is 16.6. The minimum atomic E-state index is -0.873. The van der Waals surface area contributed by atoms with Crippen molar-refractivity contribution >= 4 is 17.9 Å². The van der Waals surface area contributed by atoms with Crippen LogP contribution >= 0.6 is 0 Å². The number of hydrogen-bond acceptors (Lipinski definition) is 6. The summed E-state index contributed by atoms with van der Waals surface area (Å²) < 4.78 is 17.3. The topological polar surface area (TPSA) is 99.1 Å². The van der Waals surface area contributed by atoms with Gasteiger partial charge in [0, 0.05) is 19.3 Å². The molecule has 0 aliphatic heterocycles. The molecule has 0 bridgehead atoms. The van der Waals surface area contributed by atoms with Crippen molar-refractivity contribution in [3.8, 4) is 0 Å². The van der Waals surface area contributed by atoms with Gasteiger partial charge in [-0.25, -0.2) is 4.79 Å². The van der Waals surface area contributed by atoms with E-state index in [1.165, 1.54) is 135 Å². The second-order valence-corrected chi connectivity index (χ2v) is 16.7. The van der Waals surface area contributed by atoms with Crippen LogP contribution in [0.2, 0.25) is 0 Å². The van der Waals surface area contributed by atoms with Crippen molar-refractivity contribution in [2.45, 2.75) is 225 Å². The summed E-state index contributed by atoms with van der Waals surface area (Å²) in [5.41, 5.74) is 0. The van der Waals surface area contributed by atoms with E-state index in [0.29, 0.717) is 19.3 Å². The number of likely N-dealkylation sites (N-methyl/N-ethyl adjacent to an activating group) is 1. The maximum atomic E-state index is 12.7. The number of quaternary nitrogens is 1. The molecule has 0 saturated carbocycles. The number of carboxylic acids is 1. The molecule has 8 heteroatoms. The van der Waals surface area contributed by atoms with E-state index in [1.54, 1.807) is 0 Å². The summed E-state index contributed by atoms with van der Waals surface area (Å²) in [6.07, 6.45) is 39.7. The van der Waals surface area contributed by atoms with Crippen molar-refractivity contribution in [3.63, 3.8) is 0 Å². The average molecular weight is 767 g/mol. The minimum absolute atomic E-state index is 0.0498. The van der Waals surface area contributed by atoms with Gasteiger partial charge in [-0.3, -0.25) is 9.59 Å². The van der Waals surface area contributed by atoms with Crippen LogP contribution in [0, 0.1) is 0 Å². The fraction of sp³-hybridized carbons (Fsp3) is 0.891. The van der Waals surface area contributed by atoms with Crippen molar-refractivity contribution in [3.05, 3.63) is 12.2 Å². The number of rotatable bonds is 41. The molecule has 2 atom stereocenters. The van der Waals surface area contributed by atoms with Gasteiger partial charge in [-0.15, -0.1) is 0 Å². The average Bonchev–Trinajstić information content (AvgIpc) is 3.12. The number of carboxylic acid groups (broad SMARTS) is 1. The Bertz CT molecular complexity index is 900. The first kappa shape index (κ1) is 52.1. The van der Waals surface area contributed by atoms with Crippen LogP contribution in [-0.4, -0.2) is 80.6 Å². The molecule has 0 fully saturated rings. The summed E-state index contributed by atoms with van der Waals surface area (Å²) in [6, 6.07) is -0.611. The van der Waals surface area contributed by atoms with Gasteiger partial charge in [0.15, 0.2) is 12.1 Å². The summed E-state index contributed by atoms with van der Waals surface area (Å²) in [7, 11) is 5.53. The highest BCUT2D eigenvalue weighted by Gasteiger charge is 2.31. The van der Waals surface area contributed by atoms with Crippen LogP contribution < -0.4 is 0 Å². The van der Waals surface area contributed by atoms with Crippen LogP contribution in [0.5, 0.6) is 0 Å². The van der Waals surface area contributed by atoms with Crippen molar-refractivity contribution in [2.24, 2.45) is 0 Å². The summed E-state index contributed by atoms with van der Waals surface area (Å²) in [5, 5.41) is 9.61. The van der Waals surface area contributed by atoms with Crippen LogP contribution in [-0.2, 0) is 28.6 Å². The number of esters is 2. The van der Waals surface area contributed by atoms with Gasteiger partial charge in [0.1, 0.15) is 6.61 Å². The molecule has 0 amide bonds. The predicted molar refractivity (Wildman–Crippen MR) is 225 cm³/mol. The molecule has 0 aliphatic carbocycles. The molecule has 318 valence electrons. The van der Waals surface area contributed by atoms with Crippen molar-refractivity contribution in [1.82, 2.24) is 0 Å². The fourth-order valence-corrected chi connectivity index (χ4v) is 6.84. The lowest BCUT2D eigenvalue weighted by molar-refractivity contribution is -0.887. The highest BCUT2D eigenvalue weighted by Crippen LogP contribution is 2.16. The van der Waals surface area contributed by atoms with E-state index in [9.17, 15) is 19.5 Å². The van der Waals surface area contributed by atoms with Gasteiger partial charge in [-0.05, 0) is 32.1 Å². The number of carbonyl (C=O) groups is 3. The van der Waals surface area contributed by atoms with Gasteiger partial charge in [0.25, 0.3) is 0 Å². The first-order valence-electron chi connectivity index (χ1n) is 22.7. The third-order valence-electron chi connectivity index (χ3n) is 10.4. The Hall–Kier alpha value is -1.93. The molecule has 0 saturated heterocycles. The smallest absolute Gasteiger partial charge is 0.362 e. The van der Waals surface area contributed by atoms with Gasteiger partial charge in [0.05, 0.1) is 34.4 Å².